The van der Waals surface area contributed by atoms with Gasteiger partial charge in [-0.1, -0.05) is 23.8 Å². The van der Waals surface area contributed by atoms with E-state index in [4.69, 9.17) is 16.3 Å². The second-order valence-electron chi connectivity index (χ2n) is 3.50. The summed E-state index contributed by atoms with van der Waals surface area (Å²) in [5, 5.41) is 10.1. The van der Waals surface area contributed by atoms with Crippen LogP contribution in [0, 0.1) is 0 Å². The third-order valence-corrected chi connectivity index (χ3v) is 2.49. The quantitative estimate of drug-likeness (QED) is 0.515. The van der Waals surface area contributed by atoms with Crippen LogP contribution in [-0.2, 0) is 9.53 Å². The molecular formula is C14H15ClO3. The van der Waals surface area contributed by atoms with Gasteiger partial charge in [0, 0.05) is 10.6 Å². The molecule has 0 bridgehead atoms. The number of carbonyl (C=O) groups is 1. The summed E-state index contributed by atoms with van der Waals surface area (Å²) in [6, 6.07) is 4.71. The van der Waals surface area contributed by atoms with Crippen molar-refractivity contribution in [3.05, 3.63) is 46.5 Å². The van der Waals surface area contributed by atoms with Crippen LogP contribution in [0.5, 0.6) is 5.75 Å². The fraction of sp³-hybridized carbons (Fsp3) is 0.214. The lowest BCUT2D eigenvalue weighted by Crippen LogP contribution is -2.05. The Balaban J connectivity index is 2.91. The zero-order valence-electron chi connectivity index (χ0n) is 10.3. The maximum absolute atomic E-state index is 11.5. The Labute approximate surface area is 111 Å². The number of carbonyl (C=O) groups excluding carboxylic acids is 1. The molecule has 1 aromatic carbocycles. The molecule has 0 saturated carbocycles. The molecule has 0 aliphatic rings. The molecule has 0 fully saturated rings. The topological polar surface area (TPSA) is 46.5 Å². The van der Waals surface area contributed by atoms with Crippen molar-refractivity contribution in [1.82, 2.24) is 0 Å². The molecule has 0 aliphatic heterocycles. The van der Waals surface area contributed by atoms with Gasteiger partial charge in [0.15, 0.2) is 0 Å². The van der Waals surface area contributed by atoms with E-state index >= 15 is 0 Å². The van der Waals surface area contributed by atoms with Crippen molar-refractivity contribution in [3.63, 3.8) is 0 Å². The molecule has 18 heavy (non-hydrogen) atoms. The van der Waals surface area contributed by atoms with E-state index in [-0.39, 0.29) is 5.75 Å². The van der Waals surface area contributed by atoms with Crippen molar-refractivity contribution in [2.75, 3.05) is 6.61 Å². The summed E-state index contributed by atoms with van der Waals surface area (Å²) in [4.78, 5) is 11.5. The Hall–Kier alpha value is -1.74. The number of aromatic hydroxyl groups is 1. The highest BCUT2D eigenvalue weighted by molar-refractivity contribution is 6.30. The zero-order chi connectivity index (χ0) is 13.5. The molecule has 0 aromatic heterocycles. The van der Waals surface area contributed by atoms with Crippen LogP contribution in [0.25, 0.3) is 6.08 Å². The van der Waals surface area contributed by atoms with Crippen molar-refractivity contribution in [2.45, 2.75) is 13.8 Å². The number of allylic oxidation sites excluding steroid dienone is 1. The first-order valence-corrected chi connectivity index (χ1v) is 5.96. The van der Waals surface area contributed by atoms with Gasteiger partial charge in [-0.15, -0.1) is 0 Å². The third kappa shape index (κ3) is 3.93. The van der Waals surface area contributed by atoms with Crippen LogP contribution in [0.15, 0.2) is 35.9 Å². The second kappa shape index (κ2) is 6.87. The average Bonchev–Trinajstić information content (AvgIpc) is 2.34. The first kappa shape index (κ1) is 14.3. The number of halogens is 1. The highest BCUT2D eigenvalue weighted by atomic mass is 35.5. The maximum Gasteiger partial charge on any atom is 0.337 e. The van der Waals surface area contributed by atoms with Crippen molar-refractivity contribution in [3.8, 4) is 5.75 Å². The van der Waals surface area contributed by atoms with Gasteiger partial charge in [0.25, 0.3) is 0 Å². The van der Waals surface area contributed by atoms with Gasteiger partial charge in [-0.3, -0.25) is 0 Å². The Morgan fingerprint density at radius 2 is 2.22 bits per heavy atom. The number of phenols is 1. The minimum Gasteiger partial charge on any atom is -0.507 e. The fourth-order valence-electron chi connectivity index (χ4n) is 1.33. The van der Waals surface area contributed by atoms with E-state index in [9.17, 15) is 9.90 Å². The normalized spacial score (nSPS) is 11.8. The van der Waals surface area contributed by atoms with Crippen LogP contribution in [0.1, 0.15) is 19.4 Å². The van der Waals surface area contributed by atoms with Crippen molar-refractivity contribution < 1.29 is 14.6 Å². The lowest BCUT2D eigenvalue weighted by Gasteiger charge is -2.02. The highest BCUT2D eigenvalue weighted by Crippen LogP contribution is 2.23. The van der Waals surface area contributed by atoms with Gasteiger partial charge < -0.3 is 9.84 Å². The smallest absolute Gasteiger partial charge is 0.337 e. The molecular weight excluding hydrogens is 252 g/mol. The van der Waals surface area contributed by atoms with Crippen molar-refractivity contribution in [2.24, 2.45) is 0 Å². The number of hydrogen-bond acceptors (Lipinski definition) is 3. The summed E-state index contributed by atoms with van der Waals surface area (Å²) in [6.07, 6.45) is 4.85. The Morgan fingerprint density at radius 1 is 1.50 bits per heavy atom. The highest BCUT2D eigenvalue weighted by Gasteiger charge is 2.06. The molecule has 0 unspecified atom stereocenters. The number of esters is 1. The molecule has 0 radical (unpaired) electrons. The van der Waals surface area contributed by atoms with E-state index in [2.05, 4.69) is 0 Å². The van der Waals surface area contributed by atoms with Gasteiger partial charge in [-0.2, -0.15) is 0 Å². The predicted octanol–water partition coefficient (Wildman–Crippen LogP) is 3.57. The van der Waals surface area contributed by atoms with Crippen LogP contribution < -0.4 is 0 Å². The van der Waals surface area contributed by atoms with E-state index in [0.29, 0.717) is 22.8 Å². The van der Waals surface area contributed by atoms with E-state index in [1.165, 1.54) is 6.07 Å². The lowest BCUT2D eigenvalue weighted by atomic mass is 10.1. The van der Waals surface area contributed by atoms with Gasteiger partial charge in [0.05, 0.1) is 12.2 Å². The molecule has 3 nitrogen and oxygen atoms in total. The van der Waals surface area contributed by atoms with Crippen LogP contribution in [-0.4, -0.2) is 17.7 Å². The van der Waals surface area contributed by atoms with Gasteiger partial charge in [0.2, 0.25) is 0 Å². The van der Waals surface area contributed by atoms with Gasteiger partial charge in [0.1, 0.15) is 5.75 Å². The van der Waals surface area contributed by atoms with E-state index < -0.39 is 5.97 Å². The fourth-order valence-corrected chi connectivity index (χ4v) is 1.52. The molecule has 0 spiro atoms. The monoisotopic (exact) mass is 266 g/mol. The summed E-state index contributed by atoms with van der Waals surface area (Å²) in [5.74, 6) is -0.285. The molecule has 0 atom stereocenters. The van der Waals surface area contributed by atoms with Crippen molar-refractivity contribution in [1.29, 1.82) is 0 Å². The molecule has 1 rings (SSSR count). The molecule has 0 heterocycles. The van der Waals surface area contributed by atoms with Gasteiger partial charge in [-0.25, -0.2) is 4.79 Å². The minimum absolute atomic E-state index is 0.106. The molecule has 1 N–H and O–H groups in total. The van der Waals surface area contributed by atoms with Crippen LogP contribution in [0.3, 0.4) is 0 Å². The van der Waals surface area contributed by atoms with Crippen LogP contribution in [0.4, 0.5) is 0 Å². The number of hydrogen-bond donors (Lipinski definition) is 1. The van der Waals surface area contributed by atoms with E-state index in [0.717, 1.165) is 0 Å². The number of ether oxygens (including phenoxy) is 1. The van der Waals surface area contributed by atoms with E-state index in [1.54, 1.807) is 44.2 Å². The number of rotatable bonds is 4. The summed E-state index contributed by atoms with van der Waals surface area (Å²) in [7, 11) is 0. The standard InChI is InChI=1S/C14H15ClO3/c1-3-10(14(17)18-4-2)5-6-11-9-12(15)7-8-13(11)16/h3,5-9,16H,4H2,1-2H3/b6-5+,10-3+. The number of benzene rings is 1. The summed E-state index contributed by atoms with van der Waals surface area (Å²) in [6.45, 7) is 3.82. The van der Waals surface area contributed by atoms with Crippen molar-refractivity contribution >= 4 is 23.6 Å². The maximum atomic E-state index is 11.5. The molecule has 0 aliphatic carbocycles. The Bertz CT molecular complexity index is 490. The molecule has 4 heteroatoms. The lowest BCUT2D eigenvalue weighted by molar-refractivity contribution is -0.138. The molecule has 1 aromatic rings. The molecule has 0 saturated heterocycles. The van der Waals surface area contributed by atoms with Gasteiger partial charge in [-0.05, 0) is 38.1 Å². The SMILES string of the molecule is C/C=C(\C=C\c1cc(Cl)ccc1O)C(=O)OCC. The Morgan fingerprint density at radius 3 is 2.83 bits per heavy atom. The van der Waals surface area contributed by atoms with Crippen LogP contribution >= 0.6 is 11.6 Å². The second-order valence-corrected chi connectivity index (χ2v) is 3.94. The first-order valence-electron chi connectivity index (χ1n) is 5.58. The largest absolute Gasteiger partial charge is 0.507 e. The van der Waals surface area contributed by atoms with Gasteiger partial charge >= 0.3 is 5.97 Å². The molecule has 96 valence electrons. The zero-order valence-corrected chi connectivity index (χ0v) is 11.1. The Kier molecular flexibility index (Phi) is 5.46. The number of phenolic OH excluding ortho intramolecular Hbond substituents is 1. The van der Waals surface area contributed by atoms with E-state index in [1.807, 2.05) is 0 Å². The summed E-state index contributed by atoms with van der Waals surface area (Å²) >= 11 is 5.83. The minimum atomic E-state index is -0.391. The molecule has 0 amide bonds. The predicted molar refractivity (Wildman–Crippen MR) is 72.5 cm³/mol. The first-order chi connectivity index (χ1) is 8.58. The van der Waals surface area contributed by atoms with Crippen LogP contribution in [0.2, 0.25) is 5.02 Å². The third-order valence-electron chi connectivity index (χ3n) is 2.25. The summed E-state index contributed by atoms with van der Waals surface area (Å²) in [5.41, 5.74) is 0.974. The average molecular weight is 267 g/mol. The summed E-state index contributed by atoms with van der Waals surface area (Å²) < 4.78 is 4.89.